The molecule has 0 spiro atoms. The third-order valence-corrected chi connectivity index (χ3v) is 8.24. The molecule has 0 saturated carbocycles. The van der Waals surface area contributed by atoms with Gasteiger partial charge in [-0.05, 0) is 88.3 Å². The third kappa shape index (κ3) is 8.61. The van der Waals surface area contributed by atoms with Gasteiger partial charge in [0.05, 0.1) is 10.6 Å². The smallest absolute Gasteiger partial charge is 0.265 e. The second-order valence-electron chi connectivity index (χ2n) is 8.72. The summed E-state index contributed by atoms with van der Waals surface area (Å²) in [5.41, 5.74) is -0.301. The summed E-state index contributed by atoms with van der Waals surface area (Å²) in [6.45, 7) is 9.00. The quantitative estimate of drug-likeness (QED) is 0.266. The maximum Gasteiger partial charge on any atom is 0.265 e. The molecule has 0 aliphatic heterocycles. The monoisotopic (exact) mass is 559 g/mol. The van der Waals surface area contributed by atoms with E-state index in [1.165, 1.54) is 43.3 Å². The fourth-order valence-electron chi connectivity index (χ4n) is 3.79. The first-order valence-electron chi connectivity index (χ1n) is 12.4. The number of carbonyl (C=O) groups excluding carboxylic acids is 1. The van der Waals surface area contributed by atoms with Gasteiger partial charge in [-0.2, -0.15) is 0 Å². The van der Waals surface area contributed by atoms with Crippen LogP contribution in [0.15, 0.2) is 47.4 Å². The average molecular weight is 561 g/mol. The van der Waals surface area contributed by atoms with Gasteiger partial charge in [-0.25, -0.2) is 12.8 Å². The highest BCUT2D eigenvalue weighted by molar-refractivity contribution is 7.93. The zero-order valence-electron chi connectivity index (χ0n) is 21.1. The largest absolute Gasteiger partial charge is 0.354 e. The number of benzene rings is 2. The number of hydrogen-bond acceptors (Lipinski definition) is 4. The lowest BCUT2D eigenvalue weighted by Crippen LogP contribution is -2.49. The Hall–Kier alpha value is -1.87. The van der Waals surface area contributed by atoms with Crippen LogP contribution in [0.2, 0.25) is 10.0 Å². The van der Waals surface area contributed by atoms with Gasteiger partial charge in [0.1, 0.15) is 11.9 Å². The average Bonchev–Trinajstić information content (AvgIpc) is 2.85. The summed E-state index contributed by atoms with van der Waals surface area (Å²) >= 11 is 12.0. The second kappa shape index (κ2) is 14.8. The molecule has 2 aromatic carbocycles. The summed E-state index contributed by atoms with van der Waals surface area (Å²) in [6.07, 6.45) is 5.21. The van der Waals surface area contributed by atoms with Crippen LogP contribution in [0.25, 0.3) is 0 Å². The predicted molar refractivity (Wildman–Crippen MR) is 146 cm³/mol. The number of rotatable bonds is 15. The van der Waals surface area contributed by atoms with Crippen LogP contribution in [0.3, 0.4) is 0 Å². The van der Waals surface area contributed by atoms with E-state index in [1.807, 2.05) is 0 Å². The first kappa shape index (κ1) is 30.4. The van der Waals surface area contributed by atoms with E-state index in [1.54, 1.807) is 0 Å². The van der Waals surface area contributed by atoms with Crippen molar-refractivity contribution in [2.45, 2.75) is 63.8 Å². The van der Waals surface area contributed by atoms with Gasteiger partial charge in [0.2, 0.25) is 5.91 Å². The Labute approximate surface area is 224 Å². The molecule has 0 aromatic heterocycles. The minimum Gasteiger partial charge on any atom is -0.354 e. The highest BCUT2D eigenvalue weighted by Crippen LogP contribution is 2.31. The van der Waals surface area contributed by atoms with E-state index in [4.69, 9.17) is 23.2 Å². The van der Waals surface area contributed by atoms with Crippen molar-refractivity contribution in [1.29, 1.82) is 0 Å². The molecule has 1 amide bonds. The third-order valence-electron chi connectivity index (χ3n) is 5.85. The second-order valence-corrected chi connectivity index (χ2v) is 11.4. The Morgan fingerprint density at radius 1 is 0.944 bits per heavy atom. The summed E-state index contributed by atoms with van der Waals surface area (Å²) in [7, 11) is -4.31. The van der Waals surface area contributed by atoms with Crippen molar-refractivity contribution in [2.24, 2.45) is 0 Å². The Morgan fingerprint density at radius 3 is 2.08 bits per heavy atom. The van der Waals surface area contributed by atoms with E-state index in [0.717, 1.165) is 62.1 Å². The topological polar surface area (TPSA) is 69.7 Å². The van der Waals surface area contributed by atoms with Crippen molar-refractivity contribution < 1.29 is 17.6 Å². The van der Waals surface area contributed by atoms with Crippen LogP contribution in [0.5, 0.6) is 0 Å². The van der Waals surface area contributed by atoms with Crippen molar-refractivity contribution in [3.8, 4) is 0 Å². The van der Waals surface area contributed by atoms with Crippen molar-refractivity contribution in [3.63, 3.8) is 0 Å². The van der Waals surface area contributed by atoms with Crippen LogP contribution < -0.4 is 9.62 Å². The Morgan fingerprint density at radius 2 is 1.50 bits per heavy atom. The summed E-state index contributed by atoms with van der Waals surface area (Å²) in [6, 6.07) is 7.86. The first-order valence-corrected chi connectivity index (χ1v) is 14.6. The molecular weight excluding hydrogens is 524 g/mol. The Balaban J connectivity index is 2.20. The number of sulfonamides is 1. The van der Waals surface area contributed by atoms with Crippen molar-refractivity contribution in [2.75, 3.05) is 30.5 Å². The maximum atomic E-state index is 14.8. The number of unbranched alkanes of at least 4 members (excludes halogenated alkanes) is 2. The van der Waals surface area contributed by atoms with Crippen molar-refractivity contribution >= 4 is 44.8 Å². The molecule has 2 rings (SSSR count). The van der Waals surface area contributed by atoms with Crippen molar-refractivity contribution in [1.82, 2.24) is 10.2 Å². The molecule has 6 nitrogen and oxygen atoms in total. The lowest BCUT2D eigenvalue weighted by molar-refractivity contribution is -0.121. The zero-order chi connectivity index (χ0) is 26.7. The normalized spacial score (nSPS) is 12.5. The summed E-state index contributed by atoms with van der Waals surface area (Å²) < 4.78 is 42.7. The molecule has 0 fully saturated rings. The van der Waals surface area contributed by atoms with Crippen LogP contribution >= 0.6 is 23.2 Å². The van der Waals surface area contributed by atoms with E-state index in [2.05, 4.69) is 24.1 Å². The Kier molecular flexibility index (Phi) is 12.4. The SMILES string of the molecule is CCCCN(CCCC)CCCNC(=O)C(C)N(c1cc(Cl)ccc1F)S(=O)(=O)c1ccc(Cl)cc1. The number of anilines is 1. The number of halogens is 3. The first-order chi connectivity index (χ1) is 17.1. The molecular formula is C26H36Cl2FN3O3S. The zero-order valence-corrected chi connectivity index (χ0v) is 23.5. The minimum absolute atomic E-state index is 0.117. The molecule has 2 aromatic rings. The Bertz CT molecular complexity index is 1080. The number of amides is 1. The molecule has 0 saturated heterocycles. The van der Waals surface area contributed by atoms with Crippen LogP contribution in [-0.4, -0.2) is 51.4 Å². The molecule has 10 heteroatoms. The van der Waals surface area contributed by atoms with Gasteiger partial charge in [0.15, 0.2) is 0 Å². The lowest BCUT2D eigenvalue weighted by atomic mass is 10.2. The van der Waals surface area contributed by atoms with Gasteiger partial charge in [0.25, 0.3) is 10.0 Å². The molecule has 0 aliphatic rings. The number of carbonyl (C=O) groups is 1. The molecule has 0 bridgehead atoms. The van der Waals surface area contributed by atoms with Crippen LogP contribution in [0, 0.1) is 5.82 Å². The molecule has 1 unspecified atom stereocenters. The van der Waals surface area contributed by atoms with Crippen molar-refractivity contribution in [3.05, 3.63) is 58.3 Å². The predicted octanol–water partition coefficient (Wildman–Crippen LogP) is 6.12. The molecule has 200 valence electrons. The van der Waals surface area contributed by atoms with Crippen LogP contribution in [0.4, 0.5) is 10.1 Å². The van der Waals surface area contributed by atoms with Crippen LogP contribution in [0.1, 0.15) is 52.9 Å². The molecule has 36 heavy (non-hydrogen) atoms. The van der Waals surface area contributed by atoms with Gasteiger partial charge in [0, 0.05) is 16.6 Å². The molecule has 0 aliphatic carbocycles. The highest BCUT2D eigenvalue weighted by atomic mass is 35.5. The van der Waals surface area contributed by atoms with Gasteiger partial charge < -0.3 is 10.2 Å². The van der Waals surface area contributed by atoms with E-state index >= 15 is 0 Å². The number of nitrogens with one attached hydrogen (secondary N) is 1. The fourth-order valence-corrected chi connectivity index (χ4v) is 5.70. The van der Waals surface area contributed by atoms with E-state index < -0.39 is 27.8 Å². The van der Waals surface area contributed by atoms with Gasteiger partial charge in [-0.15, -0.1) is 0 Å². The lowest BCUT2D eigenvalue weighted by Gasteiger charge is -2.30. The van der Waals surface area contributed by atoms with Gasteiger partial charge in [-0.3, -0.25) is 9.10 Å². The van der Waals surface area contributed by atoms with Crippen LogP contribution in [-0.2, 0) is 14.8 Å². The highest BCUT2D eigenvalue weighted by Gasteiger charge is 2.35. The van der Waals surface area contributed by atoms with Gasteiger partial charge >= 0.3 is 0 Å². The summed E-state index contributed by atoms with van der Waals surface area (Å²) in [5, 5.41) is 3.32. The molecule has 1 N–H and O–H groups in total. The van der Waals surface area contributed by atoms with E-state index in [0.29, 0.717) is 11.6 Å². The molecule has 1 atom stereocenters. The maximum absolute atomic E-state index is 14.8. The number of hydrogen-bond donors (Lipinski definition) is 1. The standard InChI is InChI=1S/C26H36Cl2FN3O3S/c1-4-6-16-31(17-7-5-2)18-8-15-30-26(33)20(3)32(25-19-22(28)11-14-24(25)29)36(34,35)23-12-9-21(27)10-13-23/h9-14,19-20H,4-8,15-18H2,1-3H3,(H,30,33). The van der Waals surface area contributed by atoms with Gasteiger partial charge in [-0.1, -0.05) is 49.9 Å². The fraction of sp³-hybridized carbons (Fsp3) is 0.500. The van der Waals surface area contributed by atoms with E-state index in [-0.39, 0.29) is 15.6 Å². The summed E-state index contributed by atoms with van der Waals surface area (Å²) in [4.78, 5) is 15.3. The minimum atomic E-state index is -4.31. The number of nitrogens with zero attached hydrogens (tertiary/aromatic N) is 2. The van der Waals surface area contributed by atoms with E-state index in [9.17, 15) is 17.6 Å². The molecule has 0 heterocycles. The summed E-state index contributed by atoms with van der Waals surface area (Å²) in [5.74, 6) is -1.33. The molecule has 0 radical (unpaired) electrons.